The number of hydrogen-bond acceptors (Lipinski definition) is 7. The van der Waals surface area contributed by atoms with E-state index in [1.807, 2.05) is 0 Å². The summed E-state index contributed by atoms with van der Waals surface area (Å²) in [5.74, 6) is 1.41. The number of aromatic nitrogens is 2. The highest BCUT2D eigenvalue weighted by atomic mass is 32.2. The summed E-state index contributed by atoms with van der Waals surface area (Å²) in [5, 5.41) is 17.0. The number of ether oxygens (including phenoxy) is 1. The zero-order chi connectivity index (χ0) is 26.5. The van der Waals surface area contributed by atoms with Crippen molar-refractivity contribution >= 4 is 23.6 Å². The molecule has 3 atom stereocenters. The van der Waals surface area contributed by atoms with Gasteiger partial charge in [0, 0.05) is 23.4 Å². The Morgan fingerprint density at radius 2 is 1.87 bits per heavy atom. The van der Waals surface area contributed by atoms with Crippen molar-refractivity contribution in [2.24, 2.45) is 17.8 Å². The summed E-state index contributed by atoms with van der Waals surface area (Å²) in [7, 11) is 0. The van der Waals surface area contributed by atoms with Crippen LogP contribution in [-0.2, 0) is 6.42 Å². The second-order valence-corrected chi connectivity index (χ2v) is 12.6. The predicted molar refractivity (Wildman–Crippen MR) is 145 cm³/mol. The molecule has 3 saturated carbocycles. The molecule has 206 valence electrons. The lowest BCUT2D eigenvalue weighted by atomic mass is 9.66. The molecule has 0 aliphatic heterocycles. The van der Waals surface area contributed by atoms with E-state index in [0.717, 1.165) is 24.7 Å². The molecule has 0 saturated heterocycles. The Morgan fingerprint density at radius 3 is 2.61 bits per heavy atom. The van der Waals surface area contributed by atoms with E-state index in [1.165, 1.54) is 63.9 Å². The van der Waals surface area contributed by atoms with Crippen LogP contribution < -0.4 is 10.1 Å². The van der Waals surface area contributed by atoms with Crippen LogP contribution in [0.5, 0.6) is 5.88 Å². The Bertz CT molecular complexity index is 1100. The average molecular weight is 542 g/mol. The molecule has 0 radical (unpaired) electrons. The van der Waals surface area contributed by atoms with Crippen LogP contribution in [-0.4, -0.2) is 45.0 Å². The highest BCUT2D eigenvalue weighted by molar-refractivity contribution is 8.00. The molecule has 2 heterocycles. The van der Waals surface area contributed by atoms with E-state index in [9.17, 15) is 14.7 Å². The lowest BCUT2D eigenvalue weighted by Gasteiger charge is -2.41. The maximum absolute atomic E-state index is 13.4. The third kappa shape index (κ3) is 6.71. The van der Waals surface area contributed by atoms with E-state index < -0.39 is 5.97 Å². The van der Waals surface area contributed by atoms with Gasteiger partial charge in [0.1, 0.15) is 10.6 Å². The monoisotopic (exact) mass is 541 g/mol. The van der Waals surface area contributed by atoms with Gasteiger partial charge in [-0.15, -0.1) is 11.8 Å². The van der Waals surface area contributed by atoms with Gasteiger partial charge in [-0.05, 0) is 74.1 Å². The molecule has 38 heavy (non-hydrogen) atoms. The second-order valence-electron chi connectivity index (χ2n) is 11.3. The number of hydrogen-bond donors (Lipinski definition) is 2. The van der Waals surface area contributed by atoms with Crippen LogP contribution in [0, 0.1) is 17.8 Å². The lowest BCUT2D eigenvalue weighted by Crippen LogP contribution is -2.42. The summed E-state index contributed by atoms with van der Waals surface area (Å²) < 4.78 is 11.6. The molecule has 3 fully saturated rings. The average Bonchev–Trinajstić information content (AvgIpc) is 3.31. The Kier molecular flexibility index (Phi) is 8.92. The van der Waals surface area contributed by atoms with E-state index >= 15 is 0 Å². The van der Waals surface area contributed by atoms with Crippen molar-refractivity contribution in [3.63, 3.8) is 0 Å². The first-order chi connectivity index (χ1) is 18.5. The van der Waals surface area contributed by atoms with Crippen molar-refractivity contribution in [3.8, 4) is 5.88 Å². The number of carbonyl (C=O) groups is 2. The van der Waals surface area contributed by atoms with Crippen molar-refractivity contribution in [3.05, 3.63) is 35.3 Å². The number of aromatic carboxylic acids is 1. The first-order valence-electron chi connectivity index (χ1n) is 14.3. The van der Waals surface area contributed by atoms with E-state index in [-0.39, 0.29) is 30.0 Å². The van der Waals surface area contributed by atoms with E-state index in [2.05, 4.69) is 22.4 Å². The molecule has 3 aliphatic rings. The van der Waals surface area contributed by atoms with E-state index in [4.69, 9.17) is 9.26 Å². The number of pyridine rings is 1. The number of carboxylic acids is 1. The van der Waals surface area contributed by atoms with Gasteiger partial charge >= 0.3 is 5.97 Å². The molecule has 5 rings (SSSR count). The fourth-order valence-corrected chi connectivity index (χ4v) is 7.87. The van der Waals surface area contributed by atoms with Gasteiger partial charge in [-0.2, -0.15) is 0 Å². The van der Waals surface area contributed by atoms with Crippen LogP contribution in [0.25, 0.3) is 0 Å². The highest BCUT2D eigenvalue weighted by Gasteiger charge is 2.36. The largest absolute Gasteiger partial charge is 0.477 e. The molecule has 0 spiro atoms. The van der Waals surface area contributed by atoms with Gasteiger partial charge in [-0.25, -0.2) is 9.78 Å². The molecule has 3 aliphatic carbocycles. The normalized spacial score (nSPS) is 24.5. The predicted octanol–water partition coefficient (Wildman–Crippen LogP) is 6.15. The number of carboxylic acid groups (broad SMARTS) is 1. The molecule has 2 bridgehead atoms. The summed E-state index contributed by atoms with van der Waals surface area (Å²) >= 11 is 1.65. The zero-order valence-corrected chi connectivity index (χ0v) is 23.0. The SMILES string of the molecule is CC(NC(=O)c1onc(OCCc2cccc(C(=O)O)n2)c1SC1CCCCC1)C1CC2CCCC(C2)C1. The molecule has 1 amide bonds. The van der Waals surface area contributed by atoms with Gasteiger partial charge in [0.15, 0.2) is 0 Å². The number of carbonyl (C=O) groups excluding carboxylic acids is 1. The Morgan fingerprint density at radius 1 is 1.11 bits per heavy atom. The minimum Gasteiger partial charge on any atom is -0.477 e. The van der Waals surface area contributed by atoms with Crippen molar-refractivity contribution in [1.82, 2.24) is 15.5 Å². The maximum Gasteiger partial charge on any atom is 0.354 e. The first-order valence-corrected chi connectivity index (χ1v) is 15.1. The molecule has 8 nitrogen and oxygen atoms in total. The smallest absolute Gasteiger partial charge is 0.354 e. The lowest BCUT2D eigenvalue weighted by molar-refractivity contribution is 0.0689. The number of nitrogens with one attached hydrogen (secondary N) is 1. The van der Waals surface area contributed by atoms with Crippen molar-refractivity contribution < 1.29 is 24.0 Å². The Labute approximate surface area is 228 Å². The molecule has 3 unspecified atom stereocenters. The Hall–Kier alpha value is -2.55. The highest BCUT2D eigenvalue weighted by Crippen LogP contribution is 2.44. The van der Waals surface area contributed by atoms with Crippen LogP contribution in [0.4, 0.5) is 0 Å². The summed E-state index contributed by atoms with van der Waals surface area (Å²) in [6.45, 7) is 2.38. The number of nitrogens with zero attached hydrogens (tertiary/aromatic N) is 2. The van der Waals surface area contributed by atoms with Gasteiger partial charge in [0.05, 0.1) is 6.61 Å². The van der Waals surface area contributed by atoms with Gasteiger partial charge in [-0.3, -0.25) is 4.79 Å². The van der Waals surface area contributed by atoms with Crippen molar-refractivity contribution in [2.75, 3.05) is 6.61 Å². The molecular weight excluding hydrogens is 502 g/mol. The maximum atomic E-state index is 13.4. The van der Waals surface area contributed by atoms with Crippen LogP contribution in [0.3, 0.4) is 0 Å². The van der Waals surface area contributed by atoms with Crippen molar-refractivity contribution in [1.29, 1.82) is 0 Å². The molecule has 9 heteroatoms. The topological polar surface area (TPSA) is 115 Å². The van der Waals surface area contributed by atoms with Crippen LogP contribution in [0.1, 0.15) is 104 Å². The fourth-order valence-electron chi connectivity index (χ4n) is 6.53. The molecular formula is C29H39N3O5S. The van der Waals surface area contributed by atoms with Crippen molar-refractivity contribution in [2.45, 2.75) is 100 Å². The van der Waals surface area contributed by atoms with E-state index in [1.54, 1.807) is 23.9 Å². The summed E-state index contributed by atoms with van der Waals surface area (Å²) in [4.78, 5) is 29.5. The molecule has 2 aromatic rings. The zero-order valence-electron chi connectivity index (χ0n) is 22.2. The minimum absolute atomic E-state index is 0.00662. The summed E-state index contributed by atoms with van der Waals surface area (Å²) in [6, 6.07) is 5.00. The third-order valence-corrected chi connectivity index (χ3v) is 9.92. The van der Waals surface area contributed by atoms with Crippen LogP contribution in [0.2, 0.25) is 0 Å². The van der Waals surface area contributed by atoms with Gasteiger partial charge in [0.2, 0.25) is 5.76 Å². The number of rotatable bonds is 10. The fraction of sp³-hybridized carbons (Fsp3) is 0.655. The molecule has 2 N–H and O–H groups in total. The quantitative estimate of drug-likeness (QED) is 0.368. The van der Waals surface area contributed by atoms with Gasteiger partial charge in [0.25, 0.3) is 11.8 Å². The Balaban J connectivity index is 1.26. The molecule has 2 aromatic heterocycles. The first kappa shape index (κ1) is 27.0. The van der Waals surface area contributed by atoms with Crippen LogP contribution in [0.15, 0.2) is 27.6 Å². The standard InChI is InChI=1S/C29H39N3O5S/c1-18(21-16-19-7-5-8-20(15-19)17-21)30-27(33)25-26(38-23-10-3-2-4-11-23)28(32-37-25)36-14-13-22-9-6-12-24(31-22)29(34)35/h6,9,12,18-21,23H,2-5,7-8,10-11,13-17H2,1H3,(H,30,33)(H,34,35). The van der Waals surface area contributed by atoms with Gasteiger partial charge in [-0.1, -0.05) is 44.6 Å². The number of amides is 1. The van der Waals surface area contributed by atoms with E-state index in [0.29, 0.717) is 34.1 Å². The third-order valence-electron chi connectivity index (χ3n) is 8.52. The summed E-state index contributed by atoms with van der Waals surface area (Å²) in [6.07, 6.45) is 14.0. The molecule has 0 aromatic carbocycles. The second kappa shape index (κ2) is 12.5. The number of fused-ring (bicyclic) bond motifs is 2. The minimum atomic E-state index is -1.06. The van der Waals surface area contributed by atoms with Gasteiger partial charge < -0.3 is 19.7 Å². The summed E-state index contributed by atoms with van der Waals surface area (Å²) in [5.41, 5.74) is 0.631. The number of thioether (sulfide) groups is 1. The van der Waals surface area contributed by atoms with Crippen LogP contribution >= 0.6 is 11.8 Å².